The molecule has 78 valence electrons. The van der Waals surface area contributed by atoms with Crippen molar-refractivity contribution in [1.82, 2.24) is 0 Å². The summed E-state index contributed by atoms with van der Waals surface area (Å²) in [4.78, 5) is 0. The van der Waals surface area contributed by atoms with Crippen LogP contribution in [0.4, 0.5) is 0 Å². The summed E-state index contributed by atoms with van der Waals surface area (Å²) in [7, 11) is 0. The minimum absolute atomic E-state index is 0.0914. The highest BCUT2D eigenvalue weighted by molar-refractivity contribution is 6.30. The predicted octanol–water partition coefficient (Wildman–Crippen LogP) is 3.18. The Morgan fingerprint density at radius 1 is 1.29 bits per heavy atom. The van der Waals surface area contributed by atoms with Gasteiger partial charge in [0.05, 0.1) is 12.2 Å². The van der Waals surface area contributed by atoms with E-state index < -0.39 is 6.10 Å². The first-order valence-electron chi connectivity index (χ1n) is 4.65. The second kappa shape index (κ2) is 4.67. The van der Waals surface area contributed by atoms with Crippen LogP contribution >= 0.6 is 11.6 Å². The molecule has 0 aliphatic rings. The molecule has 0 bridgehead atoms. The molecular weight excluding hydrogens is 200 g/mol. The van der Waals surface area contributed by atoms with Crippen LogP contribution in [0.25, 0.3) is 0 Å². The Morgan fingerprint density at radius 2 is 1.93 bits per heavy atom. The van der Waals surface area contributed by atoms with Crippen molar-refractivity contribution in [2.24, 2.45) is 0 Å². The molecule has 3 heteroatoms. The summed E-state index contributed by atoms with van der Waals surface area (Å²) >= 11 is 5.83. The van der Waals surface area contributed by atoms with Crippen LogP contribution in [-0.2, 0) is 0 Å². The van der Waals surface area contributed by atoms with Gasteiger partial charge in [-0.15, -0.1) is 0 Å². The van der Waals surface area contributed by atoms with Gasteiger partial charge in [-0.25, -0.2) is 0 Å². The fraction of sp³-hybridized carbons (Fsp3) is 0.455. The summed E-state index contributed by atoms with van der Waals surface area (Å²) in [6.07, 6.45) is -0.476. The Morgan fingerprint density at radius 3 is 2.43 bits per heavy atom. The molecule has 1 N–H and O–H groups in total. The quantitative estimate of drug-likeness (QED) is 0.838. The largest absolute Gasteiger partial charge is 0.491 e. The van der Waals surface area contributed by atoms with Gasteiger partial charge in [-0.1, -0.05) is 11.6 Å². The molecule has 0 aliphatic heterocycles. The molecule has 1 aromatic rings. The van der Waals surface area contributed by atoms with Gasteiger partial charge < -0.3 is 9.84 Å². The SMILES string of the molecule is CC(C)Oc1ccc(Cl)cc1C(C)O. The van der Waals surface area contributed by atoms with Crippen LogP contribution in [0.3, 0.4) is 0 Å². The van der Waals surface area contributed by atoms with Crippen molar-refractivity contribution < 1.29 is 9.84 Å². The van der Waals surface area contributed by atoms with Crippen molar-refractivity contribution in [1.29, 1.82) is 0 Å². The third-order valence-electron chi connectivity index (χ3n) is 1.78. The molecule has 2 nitrogen and oxygen atoms in total. The number of aliphatic hydroxyl groups is 1. The van der Waals surface area contributed by atoms with Crippen LogP contribution in [0.15, 0.2) is 18.2 Å². The van der Waals surface area contributed by atoms with Crippen molar-refractivity contribution in [3.05, 3.63) is 28.8 Å². The number of hydrogen-bond acceptors (Lipinski definition) is 2. The molecule has 14 heavy (non-hydrogen) atoms. The summed E-state index contributed by atoms with van der Waals surface area (Å²) in [5, 5.41) is 10.1. The highest BCUT2D eigenvalue weighted by Crippen LogP contribution is 2.28. The molecule has 0 saturated carbocycles. The molecule has 0 saturated heterocycles. The van der Waals surface area contributed by atoms with Gasteiger partial charge >= 0.3 is 0 Å². The lowest BCUT2D eigenvalue weighted by Crippen LogP contribution is -2.08. The van der Waals surface area contributed by atoms with Crippen molar-refractivity contribution in [3.8, 4) is 5.75 Å². The smallest absolute Gasteiger partial charge is 0.125 e. The number of halogens is 1. The molecule has 0 aliphatic carbocycles. The Hall–Kier alpha value is -0.730. The normalized spacial score (nSPS) is 13.0. The van der Waals surface area contributed by atoms with E-state index in [-0.39, 0.29) is 6.10 Å². The first kappa shape index (κ1) is 11.3. The van der Waals surface area contributed by atoms with Crippen LogP contribution in [-0.4, -0.2) is 11.2 Å². The zero-order chi connectivity index (χ0) is 10.7. The van der Waals surface area contributed by atoms with E-state index in [0.29, 0.717) is 10.8 Å². The highest BCUT2D eigenvalue weighted by Gasteiger charge is 2.10. The van der Waals surface area contributed by atoms with Gasteiger partial charge in [-0.05, 0) is 39.0 Å². The molecular formula is C11H15ClO2. The molecule has 0 radical (unpaired) electrons. The summed E-state index contributed by atoms with van der Waals surface area (Å²) in [6.45, 7) is 5.58. The third kappa shape index (κ3) is 2.89. The molecule has 1 aromatic carbocycles. The van der Waals surface area contributed by atoms with Crippen LogP contribution in [0.2, 0.25) is 5.02 Å². The molecule has 1 atom stereocenters. The number of aliphatic hydroxyl groups excluding tert-OH is 1. The van der Waals surface area contributed by atoms with Crippen molar-refractivity contribution in [2.75, 3.05) is 0 Å². The zero-order valence-corrected chi connectivity index (χ0v) is 9.38. The van der Waals surface area contributed by atoms with E-state index in [1.54, 1.807) is 25.1 Å². The fourth-order valence-corrected chi connectivity index (χ4v) is 1.39. The monoisotopic (exact) mass is 214 g/mol. The Labute approximate surface area is 89.5 Å². The van der Waals surface area contributed by atoms with Gasteiger partial charge in [0, 0.05) is 10.6 Å². The van der Waals surface area contributed by atoms with E-state index in [9.17, 15) is 5.11 Å². The summed E-state index contributed by atoms with van der Waals surface area (Å²) in [5.74, 6) is 0.694. The average molecular weight is 215 g/mol. The van der Waals surface area contributed by atoms with E-state index in [1.807, 2.05) is 13.8 Å². The molecule has 0 fully saturated rings. The topological polar surface area (TPSA) is 29.5 Å². The van der Waals surface area contributed by atoms with E-state index in [2.05, 4.69) is 0 Å². The van der Waals surface area contributed by atoms with E-state index in [0.717, 1.165) is 5.56 Å². The summed E-state index contributed by atoms with van der Waals surface area (Å²) < 4.78 is 5.54. The number of hydrogen-bond donors (Lipinski definition) is 1. The number of rotatable bonds is 3. The highest BCUT2D eigenvalue weighted by atomic mass is 35.5. The number of ether oxygens (including phenoxy) is 1. The molecule has 0 aromatic heterocycles. The van der Waals surface area contributed by atoms with Gasteiger partial charge in [-0.3, -0.25) is 0 Å². The number of benzene rings is 1. The van der Waals surface area contributed by atoms with Crippen LogP contribution in [0, 0.1) is 0 Å². The lowest BCUT2D eigenvalue weighted by Gasteiger charge is -2.16. The van der Waals surface area contributed by atoms with Gasteiger partial charge in [0.2, 0.25) is 0 Å². The molecule has 0 spiro atoms. The van der Waals surface area contributed by atoms with Gasteiger partial charge in [0.1, 0.15) is 5.75 Å². The Balaban J connectivity index is 3.02. The van der Waals surface area contributed by atoms with Crippen molar-refractivity contribution in [3.63, 3.8) is 0 Å². The summed E-state index contributed by atoms with van der Waals surface area (Å²) in [5.41, 5.74) is 0.728. The van der Waals surface area contributed by atoms with Gasteiger partial charge in [0.25, 0.3) is 0 Å². The Bertz CT molecular complexity index is 308. The van der Waals surface area contributed by atoms with Crippen LogP contribution in [0.5, 0.6) is 5.75 Å². The molecule has 0 heterocycles. The van der Waals surface area contributed by atoms with Crippen LogP contribution < -0.4 is 4.74 Å². The fourth-order valence-electron chi connectivity index (χ4n) is 1.21. The van der Waals surface area contributed by atoms with E-state index in [4.69, 9.17) is 16.3 Å². The average Bonchev–Trinajstić information content (AvgIpc) is 2.07. The van der Waals surface area contributed by atoms with E-state index in [1.165, 1.54) is 0 Å². The lowest BCUT2D eigenvalue weighted by atomic mass is 10.1. The predicted molar refractivity (Wildman–Crippen MR) is 57.8 cm³/mol. The van der Waals surface area contributed by atoms with Gasteiger partial charge in [-0.2, -0.15) is 0 Å². The van der Waals surface area contributed by atoms with Crippen molar-refractivity contribution in [2.45, 2.75) is 33.0 Å². The standard InChI is InChI=1S/C11H15ClO2/c1-7(2)14-11-5-4-9(12)6-10(11)8(3)13/h4-8,13H,1-3H3. The molecule has 0 amide bonds. The maximum Gasteiger partial charge on any atom is 0.125 e. The molecule has 1 rings (SSSR count). The van der Waals surface area contributed by atoms with E-state index >= 15 is 0 Å². The maximum atomic E-state index is 9.50. The van der Waals surface area contributed by atoms with Crippen LogP contribution in [0.1, 0.15) is 32.4 Å². The molecule has 1 unspecified atom stereocenters. The first-order chi connectivity index (χ1) is 6.50. The zero-order valence-electron chi connectivity index (χ0n) is 8.62. The summed E-state index contributed by atoms with van der Waals surface area (Å²) in [6, 6.07) is 5.26. The van der Waals surface area contributed by atoms with Crippen molar-refractivity contribution >= 4 is 11.6 Å². The Kier molecular flexibility index (Phi) is 3.78. The second-order valence-corrected chi connectivity index (χ2v) is 3.96. The maximum absolute atomic E-state index is 9.50. The third-order valence-corrected chi connectivity index (χ3v) is 2.02. The lowest BCUT2D eigenvalue weighted by molar-refractivity contribution is 0.183. The second-order valence-electron chi connectivity index (χ2n) is 3.52. The minimum Gasteiger partial charge on any atom is -0.491 e. The first-order valence-corrected chi connectivity index (χ1v) is 5.02. The van der Waals surface area contributed by atoms with Gasteiger partial charge in [0.15, 0.2) is 0 Å². The minimum atomic E-state index is -0.567.